The Morgan fingerprint density at radius 2 is 0.812 bits per heavy atom. The molecule has 28 heteroatoms. The lowest BCUT2D eigenvalue weighted by molar-refractivity contribution is -0.0483. The van der Waals surface area contributed by atoms with Gasteiger partial charge in [-0.05, 0) is 33.6 Å². The average molecular weight is 837 g/mol. The molecule has 11 nitrogen and oxygen atoms in total. The summed E-state index contributed by atoms with van der Waals surface area (Å²) in [5.41, 5.74) is -24.4. The molecule has 0 heterocycles. The van der Waals surface area contributed by atoms with E-state index in [0.29, 0.717) is 25.9 Å². The number of hydrogen-bond donors (Lipinski definition) is 0. The quantitative estimate of drug-likeness (QED) is 0.115. The van der Waals surface area contributed by atoms with Gasteiger partial charge in [-0.15, -0.1) is 6.58 Å². The van der Waals surface area contributed by atoms with E-state index < -0.39 is 99.3 Å². The van der Waals surface area contributed by atoms with Crippen molar-refractivity contribution in [3.63, 3.8) is 0 Å². The summed E-state index contributed by atoms with van der Waals surface area (Å²) in [5.74, 6) is 0. The van der Waals surface area contributed by atoms with E-state index in [4.69, 9.17) is 13.3 Å². The van der Waals surface area contributed by atoms with Crippen LogP contribution < -0.4 is 0 Å². The van der Waals surface area contributed by atoms with Gasteiger partial charge in [0.25, 0.3) is 39.3 Å². The van der Waals surface area contributed by atoms with Crippen molar-refractivity contribution in [1.29, 1.82) is 0 Å². The molecule has 0 unspecified atom stereocenters. The number of hydrogen-bond acceptors (Lipinski definition) is 11. The van der Waals surface area contributed by atoms with Crippen molar-refractivity contribution >= 4 is 48.9 Å². The summed E-state index contributed by atoms with van der Waals surface area (Å²) in [6, 6.07) is 0. The van der Waals surface area contributed by atoms with Crippen molar-refractivity contribution in [2.75, 3.05) is 19.8 Å². The Bertz CT molecular complexity index is 1270. The molecule has 0 aliphatic heterocycles. The second kappa shape index (κ2) is 20.6. The molecule has 0 aromatic heterocycles. The normalized spacial score (nSPS) is 13.7. The van der Waals surface area contributed by atoms with Crippen LogP contribution in [0, 0.1) is 0 Å². The zero-order valence-corrected chi connectivity index (χ0v) is 29.0. The van der Waals surface area contributed by atoms with Crippen LogP contribution in [0.25, 0.3) is 0 Å². The number of sulfone groups is 4. The molecule has 0 radical (unpaired) electrons. The van der Waals surface area contributed by atoms with E-state index in [1.54, 1.807) is 0 Å². The van der Waals surface area contributed by atoms with Crippen molar-refractivity contribution in [1.82, 2.24) is 0 Å². The maximum absolute atomic E-state index is 12.2. The largest absolute Gasteiger partial charge is 0.498 e. The fourth-order valence-electron chi connectivity index (χ4n) is 2.55. The zero-order valence-electron chi connectivity index (χ0n) is 24.6. The van der Waals surface area contributed by atoms with Crippen LogP contribution in [0.3, 0.4) is 0 Å². The van der Waals surface area contributed by atoms with Gasteiger partial charge in [-0.25, -0.2) is 33.7 Å². The number of allylic oxidation sites excluding steroid dienone is 1. The van der Waals surface area contributed by atoms with Gasteiger partial charge >= 0.3 is 31.6 Å². The highest BCUT2D eigenvalue weighted by atomic mass is 32.3. The minimum absolute atomic E-state index is 0. The van der Waals surface area contributed by atoms with Gasteiger partial charge < -0.3 is 13.3 Å². The van der Waals surface area contributed by atoms with Gasteiger partial charge in [0.2, 0.25) is 0 Å². The molecule has 0 aliphatic rings. The minimum atomic E-state index is -6.52. The van der Waals surface area contributed by atoms with Crippen LogP contribution in [-0.4, -0.2) is 94.2 Å². The van der Waals surface area contributed by atoms with E-state index in [2.05, 4.69) is 6.58 Å². The van der Waals surface area contributed by atoms with Crippen molar-refractivity contribution in [3.05, 3.63) is 12.7 Å². The first-order valence-electron chi connectivity index (χ1n) is 12.4. The topological polar surface area (TPSA) is 164 Å². The Hall–Kier alpha value is -1.20. The molecule has 0 rings (SSSR count). The summed E-state index contributed by atoms with van der Waals surface area (Å²) in [6.45, 7) is 11.9. The lowest BCUT2D eigenvalue weighted by Gasteiger charge is -2.20. The van der Waals surface area contributed by atoms with E-state index in [-0.39, 0.29) is 13.8 Å². The first-order chi connectivity index (χ1) is 20.7. The van der Waals surface area contributed by atoms with Crippen LogP contribution in [0.1, 0.15) is 60.8 Å². The number of halogens is 12. The molecule has 0 spiro atoms. The highest BCUT2D eigenvalue weighted by Crippen LogP contribution is 2.39. The van der Waals surface area contributed by atoms with Crippen LogP contribution in [0.2, 0.25) is 0 Å². The first kappa shape index (κ1) is 53.6. The standard InChI is InChI=1S/C7H10F6O4S2.C6H6F6O4S2.C6H16O3Si.CH4/c1-2-3-4-5(18(14,15)6(8,9)10)19(16,17)7(11,12)13;1-2-3-4(17(13,14)5(7,8)9)18(15,16)6(10,11)12;1-4-7-10(8-5-2)9-6-3;/h5H,2-4H2,1H3;2,4H,1,3H2;10H,4-6H2,1-3H3;1H4. The Balaban J connectivity index is -0.000000313. The van der Waals surface area contributed by atoms with Gasteiger partial charge in [0, 0.05) is 19.8 Å². The van der Waals surface area contributed by atoms with Crippen molar-refractivity contribution in [2.24, 2.45) is 0 Å². The summed E-state index contributed by atoms with van der Waals surface area (Å²) in [4.78, 5) is 0. The van der Waals surface area contributed by atoms with Crippen LogP contribution >= 0.6 is 0 Å². The van der Waals surface area contributed by atoms with Crippen LogP contribution in [0.4, 0.5) is 52.7 Å². The molecular formula is C20H36F12O11S4Si. The fourth-order valence-corrected chi connectivity index (χ4v) is 10.6. The maximum Gasteiger partial charge on any atom is 0.498 e. The summed E-state index contributed by atoms with van der Waals surface area (Å²) in [6.07, 6.45) is -2.81. The van der Waals surface area contributed by atoms with E-state index in [1.807, 2.05) is 20.8 Å². The van der Waals surface area contributed by atoms with E-state index in [1.165, 1.54) is 6.92 Å². The van der Waals surface area contributed by atoms with Gasteiger partial charge in [0.15, 0.2) is 9.16 Å². The van der Waals surface area contributed by atoms with E-state index in [0.717, 1.165) is 0 Å². The highest BCUT2D eigenvalue weighted by molar-refractivity contribution is 8.10. The zero-order chi connectivity index (χ0) is 38.5. The molecule has 0 saturated heterocycles. The predicted octanol–water partition coefficient (Wildman–Crippen LogP) is 5.58. The van der Waals surface area contributed by atoms with Gasteiger partial charge in [0.1, 0.15) is 0 Å². The smallest absolute Gasteiger partial charge is 0.376 e. The second-order valence-electron chi connectivity index (χ2n) is 8.14. The van der Waals surface area contributed by atoms with Gasteiger partial charge in [-0.3, -0.25) is 0 Å². The molecule has 0 fully saturated rings. The molecule has 0 N–H and O–H groups in total. The summed E-state index contributed by atoms with van der Waals surface area (Å²) in [5, 5.41) is 0. The summed E-state index contributed by atoms with van der Waals surface area (Å²) >= 11 is 0. The second-order valence-corrected chi connectivity index (χ2v) is 18.8. The van der Waals surface area contributed by atoms with E-state index >= 15 is 0 Å². The molecule has 0 saturated carbocycles. The molecule has 294 valence electrons. The Morgan fingerprint density at radius 3 is 1.00 bits per heavy atom. The van der Waals surface area contributed by atoms with Crippen LogP contribution in [-0.2, 0) is 52.6 Å². The third kappa shape index (κ3) is 15.4. The number of alkyl halides is 12. The summed E-state index contributed by atoms with van der Waals surface area (Å²) in [7, 11) is -27.7. The minimum Gasteiger partial charge on any atom is -0.376 e. The first-order valence-corrected chi connectivity index (χ1v) is 20.0. The van der Waals surface area contributed by atoms with Crippen molar-refractivity contribution < 1.29 is 99.6 Å². The third-order valence-electron chi connectivity index (χ3n) is 4.74. The fraction of sp³-hybridized carbons (Fsp3) is 0.900. The lowest BCUT2D eigenvalue weighted by Crippen LogP contribution is -2.44. The Morgan fingerprint density at radius 1 is 0.562 bits per heavy atom. The average Bonchev–Trinajstić information content (AvgIpc) is 2.85. The maximum atomic E-state index is 12.2. The van der Waals surface area contributed by atoms with E-state index in [9.17, 15) is 86.4 Å². The van der Waals surface area contributed by atoms with Crippen LogP contribution in [0.15, 0.2) is 12.7 Å². The molecular weight excluding hydrogens is 801 g/mol. The monoisotopic (exact) mass is 836 g/mol. The summed E-state index contributed by atoms with van der Waals surface area (Å²) < 4.78 is 241. The third-order valence-corrected chi connectivity index (χ3v) is 15.8. The van der Waals surface area contributed by atoms with Gasteiger partial charge in [0.05, 0.1) is 0 Å². The number of unbranched alkanes of at least 4 members (excludes halogenated alkanes) is 1. The molecule has 0 atom stereocenters. The predicted molar refractivity (Wildman–Crippen MR) is 151 cm³/mol. The van der Waals surface area contributed by atoms with Crippen molar-refractivity contribution in [2.45, 2.75) is 92.0 Å². The molecule has 0 aromatic rings. The SMILES string of the molecule is C.C=CCC(S(=O)(=O)C(F)(F)F)S(=O)(=O)C(F)(F)F.CCCCC(S(=O)(=O)C(F)(F)F)S(=O)(=O)C(F)(F)F.CCO[SiH](OCC)OCC. The molecule has 0 aliphatic carbocycles. The number of rotatable bonds is 15. The molecule has 48 heavy (non-hydrogen) atoms. The van der Waals surface area contributed by atoms with Crippen LogP contribution in [0.5, 0.6) is 0 Å². The lowest BCUT2D eigenvalue weighted by atomic mass is 10.3. The highest BCUT2D eigenvalue weighted by Gasteiger charge is 2.63. The van der Waals surface area contributed by atoms with Crippen molar-refractivity contribution in [3.8, 4) is 0 Å². The molecule has 0 aromatic carbocycles. The van der Waals surface area contributed by atoms with Gasteiger partial charge in [-0.2, -0.15) is 52.7 Å². The van der Waals surface area contributed by atoms with Gasteiger partial charge in [-0.1, -0.05) is 33.3 Å². The molecule has 0 bridgehead atoms. The molecule has 0 amide bonds. The Labute approximate surface area is 272 Å². The Kier molecular flexibility index (Phi) is 23.0.